The van der Waals surface area contributed by atoms with Crippen LogP contribution in [0.5, 0.6) is 0 Å². The average Bonchev–Trinajstić information content (AvgIpc) is 2.21. The van der Waals surface area contributed by atoms with Gasteiger partial charge in [-0.05, 0) is 12.8 Å². The van der Waals surface area contributed by atoms with Gasteiger partial charge in [0.05, 0.1) is 10.5 Å². The van der Waals surface area contributed by atoms with Crippen LogP contribution in [0.2, 0.25) is 0 Å². The fourth-order valence-electron chi connectivity index (χ4n) is 2.39. The van der Waals surface area contributed by atoms with Crippen molar-refractivity contribution in [2.75, 3.05) is 6.54 Å². The Hall–Kier alpha value is -0.240. The van der Waals surface area contributed by atoms with Crippen molar-refractivity contribution in [2.45, 2.75) is 57.4 Å². The predicted molar refractivity (Wildman–Crippen MR) is 77.6 cm³/mol. The largest absolute Gasteiger partial charge is 0.392 e. The molecule has 18 heavy (non-hydrogen) atoms. The summed E-state index contributed by atoms with van der Waals surface area (Å²) in [5.41, 5.74) is 5.05. The lowest BCUT2D eigenvalue weighted by Crippen LogP contribution is -2.59. The molecule has 0 amide bonds. The summed E-state index contributed by atoms with van der Waals surface area (Å²) < 4.78 is 28.8. The summed E-state index contributed by atoms with van der Waals surface area (Å²) in [6.07, 6.45) is 6.69. The molecule has 7 heteroatoms. The molecule has 0 aliphatic heterocycles. The van der Waals surface area contributed by atoms with Gasteiger partial charge in [0.25, 0.3) is 10.2 Å². The van der Waals surface area contributed by atoms with E-state index in [1.807, 2.05) is 0 Å². The number of thiocarbonyl (C=S) groups is 1. The summed E-state index contributed by atoms with van der Waals surface area (Å²) >= 11 is 5.11. The number of rotatable bonds is 5. The van der Waals surface area contributed by atoms with Crippen molar-refractivity contribution in [2.24, 2.45) is 5.73 Å². The van der Waals surface area contributed by atoms with Crippen LogP contribution in [0.4, 0.5) is 0 Å². The minimum Gasteiger partial charge on any atom is -0.392 e. The third-order valence-electron chi connectivity index (χ3n) is 3.34. The van der Waals surface area contributed by atoms with Gasteiger partial charge in [0.2, 0.25) is 0 Å². The van der Waals surface area contributed by atoms with E-state index < -0.39 is 15.7 Å². The van der Waals surface area contributed by atoms with E-state index in [1.165, 1.54) is 6.42 Å². The molecule has 1 aliphatic rings. The fraction of sp³-hybridized carbons (Fsp3) is 0.909. The SMILES string of the molecule is CCNS(=O)(=O)NC1(C(N)=S)CCCCCCC1. The Morgan fingerprint density at radius 1 is 1.22 bits per heavy atom. The topological polar surface area (TPSA) is 84.2 Å². The van der Waals surface area contributed by atoms with Gasteiger partial charge in [-0.3, -0.25) is 0 Å². The first-order valence-corrected chi connectivity index (χ1v) is 8.39. The third kappa shape index (κ3) is 4.46. The summed E-state index contributed by atoms with van der Waals surface area (Å²) in [6.45, 7) is 2.09. The second-order valence-electron chi connectivity index (χ2n) is 4.82. The van der Waals surface area contributed by atoms with Crippen LogP contribution in [0.3, 0.4) is 0 Å². The van der Waals surface area contributed by atoms with Crippen LogP contribution < -0.4 is 15.2 Å². The van der Waals surface area contributed by atoms with Gasteiger partial charge in [-0.2, -0.15) is 13.1 Å². The molecule has 0 aromatic carbocycles. The lowest BCUT2D eigenvalue weighted by Gasteiger charge is -2.35. The Morgan fingerprint density at radius 2 is 1.72 bits per heavy atom. The van der Waals surface area contributed by atoms with Crippen LogP contribution in [-0.2, 0) is 10.2 Å². The van der Waals surface area contributed by atoms with Crippen LogP contribution in [-0.4, -0.2) is 25.5 Å². The van der Waals surface area contributed by atoms with Crippen molar-refractivity contribution in [3.63, 3.8) is 0 Å². The van der Waals surface area contributed by atoms with Gasteiger partial charge in [-0.15, -0.1) is 0 Å². The van der Waals surface area contributed by atoms with E-state index in [2.05, 4.69) is 9.44 Å². The fourth-order valence-corrected chi connectivity index (χ4v) is 3.99. The first-order valence-electron chi connectivity index (χ1n) is 6.50. The summed E-state index contributed by atoms with van der Waals surface area (Å²) in [5.74, 6) is 0. The summed E-state index contributed by atoms with van der Waals surface area (Å²) in [6, 6.07) is 0. The maximum atomic E-state index is 11.9. The molecule has 1 aliphatic carbocycles. The number of hydrogen-bond acceptors (Lipinski definition) is 3. The molecule has 106 valence electrons. The molecule has 0 atom stereocenters. The third-order valence-corrected chi connectivity index (χ3v) is 5.06. The Labute approximate surface area is 115 Å². The first kappa shape index (κ1) is 15.8. The van der Waals surface area contributed by atoms with E-state index in [0.29, 0.717) is 19.4 Å². The highest BCUT2D eigenvalue weighted by molar-refractivity contribution is 7.87. The van der Waals surface area contributed by atoms with Gasteiger partial charge in [-0.1, -0.05) is 51.2 Å². The molecular weight excluding hydrogens is 270 g/mol. The zero-order valence-electron chi connectivity index (χ0n) is 10.9. The normalized spacial score (nSPS) is 20.9. The molecule has 0 heterocycles. The van der Waals surface area contributed by atoms with Crippen molar-refractivity contribution in [1.82, 2.24) is 9.44 Å². The molecule has 5 nitrogen and oxygen atoms in total. The van der Waals surface area contributed by atoms with E-state index in [0.717, 1.165) is 25.7 Å². The van der Waals surface area contributed by atoms with E-state index >= 15 is 0 Å². The van der Waals surface area contributed by atoms with Crippen LogP contribution in [0, 0.1) is 0 Å². The number of nitrogens with two attached hydrogens (primary N) is 1. The molecule has 0 saturated heterocycles. The monoisotopic (exact) mass is 293 g/mol. The average molecular weight is 293 g/mol. The molecule has 0 unspecified atom stereocenters. The highest BCUT2D eigenvalue weighted by atomic mass is 32.2. The van der Waals surface area contributed by atoms with Gasteiger partial charge in [0, 0.05) is 6.54 Å². The standard InChI is InChI=1S/C11H23N3O2S2/c1-2-13-18(15,16)14-11(10(12)17)8-6-4-3-5-7-9-11/h13-14H,2-9H2,1H3,(H2,12,17). The molecule has 0 spiro atoms. The summed E-state index contributed by atoms with van der Waals surface area (Å²) in [7, 11) is -3.53. The van der Waals surface area contributed by atoms with Crippen molar-refractivity contribution < 1.29 is 8.42 Å². The highest BCUT2D eigenvalue weighted by Gasteiger charge is 2.37. The Balaban J connectivity index is 2.87. The molecule has 0 aromatic heterocycles. The molecule has 1 rings (SSSR count). The zero-order chi connectivity index (χ0) is 13.6. The summed E-state index contributed by atoms with van der Waals surface area (Å²) in [4.78, 5) is 0.255. The lowest BCUT2D eigenvalue weighted by molar-refractivity contribution is 0.370. The Bertz CT molecular complexity index is 374. The predicted octanol–water partition coefficient (Wildman–Crippen LogP) is 1.20. The molecule has 1 saturated carbocycles. The zero-order valence-corrected chi connectivity index (χ0v) is 12.5. The van der Waals surface area contributed by atoms with Crippen LogP contribution in [0.15, 0.2) is 0 Å². The first-order chi connectivity index (χ1) is 8.42. The second-order valence-corrected chi connectivity index (χ2v) is 6.76. The minimum atomic E-state index is -3.53. The van der Waals surface area contributed by atoms with Crippen molar-refractivity contribution in [3.8, 4) is 0 Å². The van der Waals surface area contributed by atoms with Crippen molar-refractivity contribution in [1.29, 1.82) is 0 Å². The van der Waals surface area contributed by atoms with Crippen LogP contribution in [0.1, 0.15) is 51.9 Å². The maximum Gasteiger partial charge on any atom is 0.277 e. The van der Waals surface area contributed by atoms with Gasteiger partial charge in [0.15, 0.2) is 0 Å². The number of nitrogens with one attached hydrogen (secondary N) is 2. The van der Waals surface area contributed by atoms with Crippen LogP contribution in [0.25, 0.3) is 0 Å². The van der Waals surface area contributed by atoms with E-state index in [4.69, 9.17) is 18.0 Å². The quantitative estimate of drug-likeness (QED) is 0.665. The van der Waals surface area contributed by atoms with E-state index in [9.17, 15) is 8.42 Å². The van der Waals surface area contributed by atoms with Gasteiger partial charge in [-0.25, -0.2) is 4.72 Å². The van der Waals surface area contributed by atoms with Crippen LogP contribution >= 0.6 is 12.2 Å². The van der Waals surface area contributed by atoms with Crippen molar-refractivity contribution >= 4 is 27.4 Å². The van der Waals surface area contributed by atoms with Crippen molar-refractivity contribution in [3.05, 3.63) is 0 Å². The molecular formula is C11H23N3O2S2. The Kier molecular flexibility index (Phi) is 5.97. The smallest absolute Gasteiger partial charge is 0.277 e. The minimum absolute atomic E-state index is 0.255. The molecule has 0 radical (unpaired) electrons. The molecule has 0 bridgehead atoms. The van der Waals surface area contributed by atoms with E-state index in [-0.39, 0.29) is 4.99 Å². The van der Waals surface area contributed by atoms with Gasteiger partial charge in [0.1, 0.15) is 0 Å². The van der Waals surface area contributed by atoms with Gasteiger partial charge < -0.3 is 5.73 Å². The van der Waals surface area contributed by atoms with E-state index in [1.54, 1.807) is 6.92 Å². The van der Waals surface area contributed by atoms with Gasteiger partial charge >= 0.3 is 0 Å². The maximum absolute atomic E-state index is 11.9. The highest BCUT2D eigenvalue weighted by Crippen LogP contribution is 2.27. The number of hydrogen-bond donors (Lipinski definition) is 3. The lowest BCUT2D eigenvalue weighted by atomic mass is 9.85. The Morgan fingerprint density at radius 3 is 2.17 bits per heavy atom. The molecule has 4 N–H and O–H groups in total. The second kappa shape index (κ2) is 6.79. The molecule has 1 fully saturated rings. The summed E-state index contributed by atoms with van der Waals surface area (Å²) in [5, 5.41) is 0. The molecule has 0 aromatic rings.